The standard InChI is InChI=1S/C19H21N5O2/c1-12-7-6-9-16(13(12)2)20-19(25)15(18-21-23-24-22-18)11-14-8-4-5-10-17(14)26-3/h4-10,15H,11H2,1-3H3,(H,20,25)(H,21,22,23,24)/t15-/m0/s1. The molecule has 26 heavy (non-hydrogen) atoms. The minimum atomic E-state index is -0.593. The van der Waals surface area contributed by atoms with Crippen LogP contribution in [0.3, 0.4) is 0 Å². The molecule has 0 bridgehead atoms. The molecule has 7 nitrogen and oxygen atoms in total. The van der Waals surface area contributed by atoms with E-state index in [1.807, 2.05) is 56.3 Å². The third kappa shape index (κ3) is 3.72. The first kappa shape index (κ1) is 17.6. The van der Waals surface area contributed by atoms with E-state index in [4.69, 9.17) is 4.74 Å². The van der Waals surface area contributed by atoms with Gasteiger partial charge in [0.1, 0.15) is 11.7 Å². The van der Waals surface area contributed by atoms with Crippen LogP contribution >= 0.6 is 0 Å². The molecule has 0 radical (unpaired) electrons. The number of benzene rings is 2. The molecule has 0 saturated carbocycles. The number of H-pyrrole nitrogens is 1. The number of carbonyl (C=O) groups excluding carboxylic acids is 1. The van der Waals surface area contributed by atoms with Crippen LogP contribution in [-0.4, -0.2) is 33.6 Å². The van der Waals surface area contributed by atoms with Gasteiger partial charge >= 0.3 is 0 Å². The topological polar surface area (TPSA) is 92.8 Å². The summed E-state index contributed by atoms with van der Waals surface area (Å²) < 4.78 is 5.40. The zero-order valence-corrected chi connectivity index (χ0v) is 15.0. The zero-order valence-electron chi connectivity index (χ0n) is 15.0. The fourth-order valence-corrected chi connectivity index (χ4v) is 2.82. The minimum Gasteiger partial charge on any atom is -0.496 e. The van der Waals surface area contributed by atoms with Gasteiger partial charge in [-0.2, -0.15) is 5.21 Å². The van der Waals surface area contributed by atoms with Crippen molar-refractivity contribution in [3.05, 3.63) is 65.0 Å². The van der Waals surface area contributed by atoms with Gasteiger partial charge < -0.3 is 10.1 Å². The molecule has 0 aliphatic heterocycles. The van der Waals surface area contributed by atoms with E-state index in [2.05, 4.69) is 25.9 Å². The zero-order chi connectivity index (χ0) is 18.5. The Hall–Kier alpha value is -3.22. The molecule has 0 spiro atoms. The predicted molar refractivity (Wildman–Crippen MR) is 98.2 cm³/mol. The summed E-state index contributed by atoms with van der Waals surface area (Å²) in [6, 6.07) is 13.4. The first-order chi connectivity index (χ1) is 12.6. The number of ether oxygens (including phenoxy) is 1. The Kier molecular flexibility index (Phi) is 5.26. The number of rotatable bonds is 6. The largest absolute Gasteiger partial charge is 0.496 e. The SMILES string of the molecule is COc1ccccc1C[C@H](C(=O)Nc1cccc(C)c1C)c1nn[nH]n1. The number of methoxy groups -OCH3 is 1. The molecular weight excluding hydrogens is 330 g/mol. The van der Waals surface area contributed by atoms with Crippen LogP contribution in [0.25, 0.3) is 0 Å². The molecule has 0 aliphatic carbocycles. The smallest absolute Gasteiger partial charge is 0.235 e. The lowest BCUT2D eigenvalue weighted by Crippen LogP contribution is -2.24. The average molecular weight is 351 g/mol. The fourth-order valence-electron chi connectivity index (χ4n) is 2.82. The number of carbonyl (C=O) groups is 1. The Labute approximate surface area is 151 Å². The van der Waals surface area contributed by atoms with Gasteiger partial charge in [-0.15, -0.1) is 10.2 Å². The van der Waals surface area contributed by atoms with Crippen LogP contribution in [0.5, 0.6) is 5.75 Å². The van der Waals surface area contributed by atoms with Crippen LogP contribution in [0.1, 0.15) is 28.4 Å². The van der Waals surface area contributed by atoms with Crippen LogP contribution in [-0.2, 0) is 11.2 Å². The highest BCUT2D eigenvalue weighted by Crippen LogP contribution is 2.27. The molecule has 1 heterocycles. The van der Waals surface area contributed by atoms with Gasteiger partial charge in [-0.25, -0.2) is 0 Å². The molecule has 1 atom stereocenters. The van der Waals surface area contributed by atoms with E-state index < -0.39 is 5.92 Å². The number of tetrazole rings is 1. The lowest BCUT2D eigenvalue weighted by molar-refractivity contribution is -0.117. The van der Waals surface area contributed by atoms with Crippen LogP contribution in [0, 0.1) is 13.8 Å². The highest BCUT2D eigenvalue weighted by molar-refractivity contribution is 5.96. The van der Waals surface area contributed by atoms with Crippen molar-refractivity contribution in [3.63, 3.8) is 0 Å². The van der Waals surface area contributed by atoms with Crippen LogP contribution in [0.2, 0.25) is 0 Å². The third-order valence-electron chi connectivity index (χ3n) is 4.47. The summed E-state index contributed by atoms with van der Waals surface area (Å²) >= 11 is 0. The van der Waals surface area contributed by atoms with Gasteiger partial charge in [0.2, 0.25) is 5.91 Å². The Balaban J connectivity index is 1.89. The highest BCUT2D eigenvalue weighted by Gasteiger charge is 2.27. The summed E-state index contributed by atoms with van der Waals surface area (Å²) in [5.41, 5.74) is 3.83. The second kappa shape index (κ2) is 7.77. The minimum absolute atomic E-state index is 0.189. The quantitative estimate of drug-likeness (QED) is 0.712. The molecule has 0 aliphatic rings. The van der Waals surface area contributed by atoms with Crippen LogP contribution in [0.15, 0.2) is 42.5 Å². The molecule has 2 N–H and O–H groups in total. The summed E-state index contributed by atoms with van der Waals surface area (Å²) in [7, 11) is 1.61. The Morgan fingerprint density at radius 1 is 1.19 bits per heavy atom. The number of hydrogen-bond acceptors (Lipinski definition) is 5. The number of nitrogens with zero attached hydrogens (tertiary/aromatic N) is 3. The third-order valence-corrected chi connectivity index (χ3v) is 4.47. The van der Waals surface area contributed by atoms with Crippen molar-refractivity contribution < 1.29 is 9.53 Å². The molecule has 1 aromatic heterocycles. The number of para-hydroxylation sites is 1. The lowest BCUT2D eigenvalue weighted by atomic mass is 9.96. The molecule has 3 rings (SSSR count). The highest BCUT2D eigenvalue weighted by atomic mass is 16.5. The molecule has 0 saturated heterocycles. The van der Waals surface area contributed by atoms with Crippen molar-refractivity contribution in [2.75, 3.05) is 12.4 Å². The van der Waals surface area contributed by atoms with Gasteiger partial charge in [0.05, 0.1) is 7.11 Å². The van der Waals surface area contributed by atoms with E-state index in [1.165, 1.54) is 0 Å². The molecule has 0 unspecified atom stereocenters. The Morgan fingerprint density at radius 3 is 2.73 bits per heavy atom. The van der Waals surface area contributed by atoms with Crippen molar-refractivity contribution in [2.24, 2.45) is 0 Å². The normalized spacial score (nSPS) is 11.8. The molecule has 7 heteroatoms. The van der Waals surface area contributed by atoms with E-state index in [0.29, 0.717) is 12.2 Å². The number of anilines is 1. The molecule has 2 aromatic carbocycles. The number of aromatic nitrogens is 4. The predicted octanol–water partition coefficient (Wildman–Crippen LogP) is 2.79. The maximum absolute atomic E-state index is 13.0. The molecule has 1 amide bonds. The van der Waals surface area contributed by atoms with Gasteiger partial charge in [0, 0.05) is 5.69 Å². The van der Waals surface area contributed by atoms with Gasteiger partial charge in [-0.3, -0.25) is 4.79 Å². The van der Waals surface area contributed by atoms with E-state index in [9.17, 15) is 4.79 Å². The second-order valence-electron chi connectivity index (χ2n) is 6.08. The average Bonchev–Trinajstić information content (AvgIpc) is 3.18. The summed E-state index contributed by atoms with van der Waals surface area (Å²) in [5, 5.41) is 17.1. The van der Waals surface area contributed by atoms with Crippen molar-refractivity contribution in [3.8, 4) is 5.75 Å². The van der Waals surface area contributed by atoms with Gasteiger partial charge in [0.15, 0.2) is 5.82 Å². The molecule has 0 fully saturated rings. The maximum atomic E-state index is 13.0. The Bertz CT molecular complexity index is 893. The summed E-state index contributed by atoms with van der Waals surface area (Å²) in [6.07, 6.45) is 0.403. The van der Waals surface area contributed by atoms with Gasteiger partial charge in [0.25, 0.3) is 0 Å². The lowest BCUT2D eigenvalue weighted by Gasteiger charge is -2.17. The van der Waals surface area contributed by atoms with Crippen molar-refractivity contribution in [2.45, 2.75) is 26.2 Å². The Morgan fingerprint density at radius 2 is 2.00 bits per heavy atom. The number of aryl methyl sites for hydroxylation is 1. The number of nitrogens with one attached hydrogen (secondary N) is 2. The number of amides is 1. The van der Waals surface area contributed by atoms with E-state index in [-0.39, 0.29) is 5.91 Å². The summed E-state index contributed by atoms with van der Waals surface area (Å²) in [4.78, 5) is 13.0. The molecule has 134 valence electrons. The first-order valence-corrected chi connectivity index (χ1v) is 8.32. The van der Waals surface area contributed by atoms with E-state index in [1.54, 1.807) is 7.11 Å². The second-order valence-corrected chi connectivity index (χ2v) is 6.08. The van der Waals surface area contributed by atoms with Crippen molar-refractivity contribution >= 4 is 11.6 Å². The first-order valence-electron chi connectivity index (χ1n) is 8.32. The summed E-state index contributed by atoms with van der Waals surface area (Å²) in [5.74, 6) is 0.287. The molecular formula is C19H21N5O2. The van der Waals surface area contributed by atoms with Crippen molar-refractivity contribution in [1.82, 2.24) is 20.6 Å². The van der Waals surface area contributed by atoms with Gasteiger partial charge in [-0.05, 0) is 49.1 Å². The van der Waals surface area contributed by atoms with Crippen molar-refractivity contribution in [1.29, 1.82) is 0 Å². The fraction of sp³-hybridized carbons (Fsp3) is 0.263. The van der Waals surface area contributed by atoms with E-state index >= 15 is 0 Å². The number of hydrogen-bond donors (Lipinski definition) is 2. The number of aromatic amines is 1. The van der Waals surface area contributed by atoms with Crippen LogP contribution < -0.4 is 10.1 Å². The van der Waals surface area contributed by atoms with E-state index in [0.717, 1.165) is 28.1 Å². The maximum Gasteiger partial charge on any atom is 0.235 e. The monoisotopic (exact) mass is 351 g/mol. The van der Waals surface area contributed by atoms with Crippen LogP contribution in [0.4, 0.5) is 5.69 Å². The van der Waals surface area contributed by atoms with Gasteiger partial charge in [-0.1, -0.05) is 35.5 Å². The summed E-state index contributed by atoms with van der Waals surface area (Å²) in [6.45, 7) is 3.99. The molecule has 3 aromatic rings.